The average molecular weight is 762 g/mol. The number of carbonyl (C=O) groups is 6. The van der Waals surface area contributed by atoms with Gasteiger partial charge in [0.1, 0.15) is 42.8 Å². The van der Waals surface area contributed by atoms with E-state index in [0.717, 1.165) is 4.90 Å². The number of thioether (sulfide) groups is 1. The Labute approximate surface area is 305 Å². The number of anilines is 2. The number of primary amides is 1. The fourth-order valence-corrected chi connectivity index (χ4v) is 7.01. The summed E-state index contributed by atoms with van der Waals surface area (Å²) in [5, 5.41) is 17.6. The highest BCUT2D eigenvalue weighted by Crippen LogP contribution is 2.40. The van der Waals surface area contributed by atoms with Crippen LogP contribution in [0.5, 0.6) is 0 Å². The van der Waals surface area contributed by atoms with E-state index in [1.165, 1.54) is 49.1 Å². The summed E-state index contributed by atoms with van der Waals surface area (Å²) in [6.07, 6.45) is -0.690. The minimum absolute atomic E-state index is 0.140. The number of ether oxygens (including phenoxy) is 3. The molecule has 4 aliphatic heterocycles. The number of hydrogen-bond donors (Lipinski definition) is 4. The third-order valence-corrected chi connectivity index (χ3v) is 9.46. The molecule has 1 aromatic carbocycles. The van der Waals surface area contributed by atoms with Gasteiger partial charge in [-0.15, -0.1) is 11.8 Å². The Morgan fingerprint density at radius 3 is 2.55 bits per heavy atom. The maximum atomic E-state index is 14.4. The van der Waals surface area contributed by atoms with Gasteiger partial charge in [0.15, 0.2) is 5.76 Å². The lowest BCUT2D eigenvalue weighted by molar-refractivity contribution is -0.150. The number of nitrogens with two attached hydrogens (primary N) is 1. The van der Waals surface area contributed by atoms with Crippen molar-refractivity contribution in [2.75, 3.05) is 68.7 Å². The number of morpholine rings is 1. The van der Waals surface area contributed by atoms with Gasteiger partial charge in [0.05, 0.1) is 43.9 Å². The summed E-state index contributed by atoms with van der Waals surface area (Å²) in [7, 11) is 1.25. The number of rotatable bonds is 11. The van der Waals surface area contributed by atoms with Crippen LogP contribution in [0.3, 0.4) is 0 Å². The van der Waals surface area contributed by atoms with E-state index >= 15 is 0 Å². The van der Waals surface area contributed by atoms with Crippen LogP contribution >= 0.6 is 11.8 Å². The van der Waals surface area contributed by atoms with Gasteiger partial charge in [-0.3, -0.25) is 24.2 Å². The number of nitrogens with one attached hydrogen (secondary N) is 2. The molecule has 0 saturated carbocycles. The molecule has 0 bridgehead atoms. The van der Waals surface area contributed by atoms with Crippen molar-refractivity contribution in [2.24, 2.45) is 10.9 Å². The molecule has 0 aliphatic carbocycles. The summed E-state index contributed by atoms with van der Waals surface area (Å²) in [5.41, 5.74) is 5.63. The van der Waals surface area contributed by atoms with E-state index in [1.54, 1.807) is 18.2 Å². The van der Waals surface area contributed by atoms with Gasteiger partial charge in [0.25, 0.3) is 11.8 Å². The van der Waals surface area contributed by atoms with Gasteiger partial charge in [-0.1, -0.05) is 5.16 Å². The molecule has 1 aromatic heterocycles. The normalized spacial score (nSPS) is 21.1. The number of carboxylic acid groups (broad SMARTS) is 1. The number of amides is 5. The second-order valence-corrected chi connectivity index (χ2v) is 12.7. The van der Waals surface area contributed by atoms with E-state index in [2.05, 4.69) is 25.4 Å². The second kappa shape index (κ2) is 17.1. The number of benzene rings is 1. The Morgan fingerprint density at radius 1 is 1.17 bits per heavy atom. The first-order chi connectivity index (χ1) is 25.4. The van der Waals surface area contributed by atoms with Crippen molar-refractivity contribution in [2.45, 2.75) is 24.4 Å². The average Bonchev–Trinajstić information content (AvgIpc) is 3.81. The van der Waals surface area contributed by atoms with Crippen LogP contribution in [-0.2, 0) is 38.2 Å². The topological polar surface area (TPSA) is 245 Å². The van der Waals surface area contributed by atoms with Gasteiger partial charge < -0.3 is 49.8 Å². The first kappa shape index (κ1) is 38.4. The van der Waals surface area contributed by atoms with E-state index in [-0.39, 0.29) is 59.9 Å². The van der Waals surface area contributed by atoms with Crippen molar-refractivity contribution < 1.29 is 61.7 Å². The number of carboxylic acids is 1. The third-order valence-electron chi connectivity index (χ3n) is 8.12. The first-order valence-electron chi connectivity index (χ1n) is 16.0. The van der Waals surface area contributed by atoms with E-state index in [4.69, 9.17) is 19.6 Å². The number of oxime groups is 1. The first-order valence-corrected chi connectivity index (χ1v) is 17.1. The van der Waals surface area contributed by atoms with Crippen LogP contribution in [0, 0.1) is 5.82 Å². The predicted molar refractivity (Wildman–Crippen MR) is 183 cm³/mol. The Hall–Kier alpha value is -5.83. The van der Waals surface area contributed by atoms with Crippen LogP contribution in [0.15, 0.2) is 57.4 Å². The molecule has 5 amide bonds. The van der Waals surface area contributed by atoms with Crippen molar-refractivity contribution in [3.8, 4) is 0 Å². The van der Waals surface area contributed by atoms with Gasteiger partial charge >= 0.3 is 18.2 Å². The van der Waals surface area contributed by atoms with Crippen molar-refractivity contribution in [1.29, 1.82) is 0 Å². The van der Waals surface area contributed by atoms with E-state index in [0.29, 0.717) is 37.7 Å². The van der Waals surface area contributed by atoms with Gasteiger partial charge in [-0.05, 0) is 30.3 Å². The SMILES string of the molecule is CC(=O)NC[C@H]1CN(c2ccc(N3CCOCC3)c(F)c2)C(=O)O1.CO/N=C(/C(=O)N[C@@H]1C(=O)N2C(C(=O)O)=C(COC(N)=O)CS[C@H]12)c1ccco1. The number of β-lactam (4-membered cyclic amide) rings is 1. The smallest absolute Gasteiger partial charge is 0.414 e. The third kappa shape index (κ3) is 8.98. The van der Waals surface area contributed by atoms with E-state index in [9.17, 15) is 38.3 Å². The van der Waals surface area contributed by atoms with Crippen molar-refractivity contribution in [3.63, 3.8) is 0 Å². The zero-order valence-corrected chi connectivity index (χ0v) is 29.3. The van der Waals surface area contributed by atoms with Crippen LogP contribution in [0.4, 0.5) is 25.4 Å². The zero-order chi connectivity index (χ0) is 38.2. The minimum atomic E-state index is -1.35. The molecule has 0 unspecified atom stereocenters. The van der Waals surface area contributed by atoms with E-state index < -0.39 is 47.5 Å². The Balaban J connectivity index is 0.000000208. The molecule has 284 valence electrons. The lowest BCUT2D eigenvalue weighted by Gasteiger charge is -2.49. The van der Waals surface area contributed by atoms with Gasteiger partial charge in [0.2, 0.25) is 11.6 Å². The number of halogens is 1. The van der Waals surface area contributed by atoms with Crippen LogP contribution in [0.25, 0.3) is 0 Å². The highest BCUT2D eigenvalue weighted by atomic mass is 32.2. The van der Waals surface area contributed by atoms with Crippen molar-refractivity contribution in [3.05, 3.63) is 59.4 Å². The molecule has 19 nitrogen and oxygen atoms in total. The van der Waals surface area contributed by atoms with Gasteiger partial charge in [-0.2, -0.15) is 0 Å². The van der Waals surface area contributed by atoms with Crippen LogP contribution in [-0.4, -0.2) is 128 Å². The maximum Gasteiger partial charge on any atom is 0.414 e. The molecule has 21 heteroatoms. The Morgan fingerprint density at radius 2 is 1.92 bits per heavy atom. The van der Waals surface area contributed by atoms with Crippen LogP contribution < -0.4 is 26.2 Å². The minimum Gasteiger partial charge on any atom is -0.477 e. The van der Waals surface area contributed by atoms with Gasteiger partial charge in [-0.25, -0.2) is 18.8 Å². The monoisotopic (exact) mass is 761 g/mol. The lowest BCUT2D eigenvalue weighted by atomic mass is 10.0. The largest absolute Gasteiger partial charge is 0.477 e. The molecule has 3 atom stereocenters. The number of cyclic esters (lactones) is 1. The standard InChI is InChI=1S/C16H20FN3O4.C16H16N4O8S/c1-11(21)18-9-13-10-20(16(22)24-13)12-2-3-15(14(17)8-12)19-4-6-23-7-5-19;1-26-19-9(8-3-2-4-27-8)12(21)18-10-13(22)20-11(15(23)24)7(5-28-16(17)25)6-29-14(10)20/h2-3,8,13H,4-7,9-10H2,1H3,(H,18,21);2-4,10,14H,5-6H2,1H3,(H2,17,25)(H,18,21)(H,23,24)/b;19-9+/t13-;10-,14-/m01/s1. The number of aliphatic carboxylic acids is 1. The summed E-state index contributed by atoms with van der Waals surface area (Å²) >= 11 is 1.21. The van der Waals surface area contributed by atoms with E-state index in [1.807, 2.05) is 4.90 Å². The van der Waals surface area contributed by atoms with Crippen molar-refractivity contribution >= 4 is 64.7 Å². The van der Waals surface area contributed by atoms with Gasteiger partial charge in [0, 0.05) is 31.3 Å². The number of nitrogens with zero attached hydrogens (tertiary/aromatic N) is 4. The number of hydrogen-bond acceptors (Lipinski definition) is 14. The highest BCUT2D eigenvalue weighted by Gasteiger charge is 2.54. The summed E-state index contributed by atoms with van der Waals surface area (Å²) in [4.78, 5) is 79.5. The zero-order valence-electron chi connectivity index (χ0n) is 28.4. The molecular formula is C32H36FN7O12S. The molecule has 3 saturated heterocycles. The second-order valence-electron chi connectivity index (χ2n) is 11.6. The summed E-state index contributed by atoms with van der Waals surface area (Å²) < 4.78 is 34.7. The Bertz CT molecular complexity index is 1800. The quantitative estimate of drug-likeness (QED) is 0.139. The number of fused-ring (bicyclic) bond motifs is 1. The summed E-state index contributed by atoms with van der Waals surface area (Å²) in [5.74, 6) is -2.95. The molecule has 4 aliphatic rings. The fraction of sp³-hybridized carbons (Fsp3) is 0.406. The molecule has 3 fully saturated rings. The van der Waals surface area contributed by atoms with Crippen molar-refractivity contribution in [1.82, 2.24) is 15.5 Å². The highest BCUT2D eigenvalue weighted by molar-refractivity contribution is 8.00. The Kier molecular flexibility index (Phi) is 12.4. The summed E-state index contributed by atoms with van der Waals surface area (Å²) in [6, 6.07) is 6.80. The summed E-state index contributed by atoms with van der Waals surface area (Å²) in [6.45, 7) is 3.99. The lowest BCUT2D eigenvalue weighted by Crippen LogP contribution is -2.71. The molecule has 5 N–H and O–H groups in total. The number of carbonyl (C=O) groups excluding carboxylic acids is 5. The fourth-order valence-electron chi connectivity index (χ4n) is 5.69. The molecule has 0 radical (unpaired) electrons. The number of furan rings is 1. The molecular weight excluding hydrogens is 725 g/mol. The molecule has 5 heterocycles. The predicted octanol–water partition coefficient (Wildman–Crippen LogP) is 0.588. The van der Waals surface area contributed by atoms with Crippen LogP contribution in [0.1, 0.15) is 12.7 Å². The van der Waals surface area contributed by atoms with Crippen LogP contribution in [0.2, 0.25) is 0 Å². The molecule has 2 aromatic rings. The maximum absolute atomic E-state index is 14.4. The molecule has 53 heavy (non-hydrogen) atoms. The molecule has 0 spiro atoms. The molecule has 6 rings (SSSR count).